The van der Waals surface area contributed by atoms with Gasteiger partial charge in [0.2, 0.25) is 11.6 Å². The topological polar surface area (TPSA) is 91.1 Å². The van der Waals surface area contributed by atoms with Crippen LogP contribution in [-0.2, 0) is 11.2 Å². The molecule has 0 unspecified atom stereocenters. The van der Waals surface area contributed by atoms with Crippen molar-refractivity contribution >= 4 is 56.6 Å². The summed E-state index contributed by atoms with van der Waals surface area (Å²) >= 11 is 2.82. The summed E-state index contributed by atoms with van der Waals surface area (Å²) < 4.78 is 6.06. The minimum absolute atomic E-state index is 0.0330. The second kappa shape index (κ2) is 12.9. The number of allylic oxidation sites excluding steroid dienone is 2. The first-order chi connectivity index (χ1) is 21.8. The van der Waals surface area contributed by atoms with Crippen molar-refractivity contribution < 1.29 is 13.8 Å². The highest BCUT2D eigenvalue weighted by Gasteiger charge is 2.31. The Morgan fingerprint density at radius 2 is 1.09 bits per heavy atom. The van der Waals surface area contributed by atoms with Gasteiger partial charge < -0.3 is 4.18 Å². The zero-order valence-electron chi connectivity index (χ0n) is 25.1. The second-order valence-corrected chi connectivity index (χ2v) is 12.9. The van der Waals surface area contributed by atoms with E-state index in [-0.39, 0.29) is 28.4 Å². The maximum absolute atomic E-state index is 12.4. The highest BCUT2D eigenvalue weighted by Crippen LogP contribution is 2.41. The maximum atomic E-state index is 12.4. The summed E-state index contributed by atoms with van der Waals surface area (Å²) in [6, 6.07) is 31.9. The standard InChI is InChI=1S/C38H32N2O3S2/c1-3-38(4-2,25-15-13-24(14-16-25)23-44-34-21-32(39)36(41)30-11-7-5-9-28(30)34)26-17-19-27(20-18-26)43-45-35-22-33(40)37(42)31-12-8-6-10-29(31)35/h5-22,39-40H,3-4,23H2,1-2H3. The van der Waals surface area contributed by atoms with Crippen LogP contribution in [0, 0.1) is 10.8 Å². The number of benzene rings is 4. The SMILES string of the molecule is CCC(CC)(c1ccc(CSC2=CC(=N)C(=O)c3ccccc32)cc1)c1ccc(OSC2=CC(=N)C(=O)c3ccccc32)cc1. The highest BCUT2D eigenvalue weighted by atomic mass is 32.2. The largest absolute Gasteiger partial charge is 0.421 e. The third-order valence-electron chi connectivity index (χ3n) is 8.66. The highest BCUT2D eigenvalue weighted by molar-refractivity contribution is 8.07. The van der Waals surface area contributed by atoms with Gasteiger partial charge in [-0.1, -0.05) is 98.8 Å². The maximum Gasteiger partial charge on any atom is 0.211 e. The summed E-state index contributed by atoms with van der Waals surface area (Å²) in [5, 5.41) is 16.2. The van der Waals surface area contributed by atoms with Gasteiger partial charge in [-0.05, 0) is 59.4 Å². The first-order valence-electron chi connectivity index (χ1n) is 14.9. The van der Waals surface area contributed by atoms with Crippen molar-refractivity contribution in [2.24, 2.45) is 0 Å². The average Bonchev–Trinajstić information content (AvgIpc) is 3.08. The molecule has 0 saturated heterocycles. The molecule has 45 heavy (non-hydrogen) atoms. The van der Waals surface area contributed by atoms with Gasteiger partial charge in [-0.2, -0.15) is 0 Å². The van der Waals surface area contributed by atoms with Crippen LogP contribution in [0.5, 0.6) is 5.75 Å². The van der Waals surface area contributed by atoms with Crippen molar-refractivity contribution in [3.05, 3.63) is 148 Å². The van der Waals surface area contributed by atoms with Crippen molar-refractivity contribution in [1.29, 1.82) is 10.8 Å². The number of nitrogens with one attached hydrogen (secondary N) is 2. The van der Waals surface area contributed by atoms with Crippen LogP contribution in [0.1, 0.15) is 75.2 Å². The Labute approximate surface area is 272 Å². The van der Waals surface area contributed by atoms with E-state index >= 15 is 0 Å². The predicted molar refractivity (Wildman–Crippen MR) is 187 cm³/mol. The van der Waals surface area contributed by atoms with E-state index in [4.69, 9.17) is 15.0 Å². The van der Waals surface area contributed by atoms with E-state index in [9.17, 15) is 9.59 Å². The Hall–Kier alpha value is -4.46. The van der Waals surface area contributed by atoms with Gasteiger partial charge in [-0.3, -0.25) is 20.4 Å². The molecule has 224 valence electrons. The van der Waals surface area contributed by atoms with E-state index in [2.05, 4.69) is 50.2 Å². The molecule has 0 spiro atoms. The second-order valence-electron chi connectivity index (χ2n) is 11.1. The Morgan fingerprint density at radius 3 is 1.62 bits per heavy atom. The fourth-order valence-electron chi connectivity index (χ4n) is 6.06. The molecule has 7 heteroatoms. The predicted octanol–water partition coefficient (Wildman–Crippen LogP) is 9.57. The minimum Gasteiger partial charge on any atom is -0.421 e. The van der Waals surface area contributed by atoms with E-state index in [0.29, 0.717) is 16.9 Å². The molecule has 0 saturated carbocycles. The molecular weight excluding hydrogens is 597 g/mol. The summed E-state index contributed by atoms with van der Waals surface area (Å²) in [4.78, 5) is 26.5. The third-order valence-corrected chi connectivity index (χ3v) is 10.6. The van der Waals surface area contributed by atoms with Gasteiger partial charge in [-0.25, -0.2) is 0 Å². The van der Waals surface area contributed by atoms with Gasteiger partial charge in [0.1, 0.15) is 17.2 Å². The molecule has 4 aromatic rings. The number of thioether (sulfide) groups is 1. The first-order valence-corrected chi connectivity index (χ1v) is 16.6. The molecule has 0 fully saturated rings. The normalized spacial score (nSPS) is 14.4. The van der Waals surface area contributed by atoms with E-state index in [1.807, 2.05) is 48.5 Å². The molecular formula is C38H32N2O3S2. The molecule has 0 aromatic heterocycles. The molecule has 2 aliphatic rings. The van der Waals surface area contributed by atoms with Gasteiger partial charge in [0.05, 0.1) is 16.9 Å². The quantitative estimate of drug-likeness (QED) is 0.171. The third kappa shape index (κ3) is 5.86. The molecule has 5 nitrogen and oxygen atoms in total. The lowest BCUT2D eigenvalue weighted by atomic mass is 9.70. The van der Waals surface area contributed by atoms with Crippen LogP contribution in [0.15, 0.2) is 109 Å². The molecule has 6 rings (SSSR count). The van der Waals surface area contributed by atoms with Gasteiger partial charge in [0, 0.05) is 32.8 Å². The Kier molecular flexibility index (Phi) is 8.74. The zero-order chi connectivity index (χ0) is 31.6. The lowest BCUT2D eigenvalue weighted by molar-refractivity contribution is 0.105. The number of hydrogen-bond donors (Lipinski definition) is 2. The van der Waals surface area contributed by atoms with Crippen LogP contribution in [0.2, 0.25) is 0 Å². The van der Waals surface area contributed by atoms with Crippen LogP contribution >= 0.6 is 23.8 Å². The summed E-state index contributed by atoms with van der Waals surface area (Å²) in [5.74, 6) is 0.950. The van der Waals surface area contributed by atoms with Gasteiger partial charge in [0.15, 0.2) is 0 Å². The van der Waals surface area contributed by atoms with Gasteiger partial charge >= 0.3 is 0 Å². The summed E-state index contributed by atoms with van der Waals surface area (Å²) in [6.45, 7) is 4.44. The average molecular weight is 629 g/mol. The van der Waals surface area contributed by atoms with Crippen LogP contribution < -0.4 is 4.18 Å². The van der Waals surface area contributed by atoms with Crippen molar-refractivity contribution in [2.45, 2.75) is 37.9 Å². The minimum atomic E-state index is -0.270. The van der Waals surface area contributed by atoms with Gasteiger partial charge in [0.25, 0.3) is 0 Å². The zero-order valence-corrected chi connectivity index (χ0v) is 26.7. The molecule has 0 aliphatic heterocycles. The molecule has 0 amide bonds. The fraction of sp³-hybridized carbons (Fsp3) is 0.158. The van der Waals surface area contributed by atoms with E-state index in [1.165, 1.54) is 28.7 Å². The summed E-state index contributed by atoms with van der Waals surface area (Å²) in [7, 11) is 0. The van der Waals surface area contributed by atoms with E-state index in [0.717, 1.165) is 39.5 Å². The molecule has 0 bridgehead atoms. The Balaban J connectivity index is 1.15. The lowest BCUT2D eigenvalue weighted by Gasteiger charge is -2.33. The molecule has 0 atom stereocenters. The van der Waals surface area contributed by atoms with Gasteiger partial charge in [-0.15, -0.1) is 11.8 Å². The van der Waals surface area contributed by atoms with Crippen LogP contribution in [0.25, 0.3) is 9.81 Å². The smallest absolute Gasteiger partial charge is 0.211 e. The number of carbonyl (C=O) groups is 2. The molecule has 4 aromatic carbocycles. The van der Waals surface area contributed by atoms with Crippen molar-refractivity contribution in [1.82, 2.24) is 0 Å². The number of rotatable bonds is 10. The Bertz CT molecular complexity index is 1750. The van der Waals surface area contributed by atoms with Crippen molar-refractivity contribution in [3.63, 3.8) is 0 Å². The molecule has 2 aliphatic carbocycles. The number of Topliss-reactive ketones (excluding diaryl/α,β-unsaturated/α-hetero) is 2. The number of carbonyl (C=O) groups excluding carboxylic acids is 2. The number of fused-ring (bicyclic) bond motifs is 2. The monoisotopic (exact) mass is 628 g/mol. The van der Waals surface area contributed by atoms with E-state index in [1.54, 1.807) is 36.0 Å². The van der Waals surface area contributed by atoms with Crippen molar-refractivity contribution in [2.75, 3.05) is 0 Å². The lowest BCUT2D eigenvalue weighted by Crippen LogP contribution is -2.26. The summed E-state index contributed by atoms with van der Waals surface area (Å²) in [6.07, 6.45) is 5.13. The van der Waals surface area contributed by atoms with E-state index < -0.39 is 0 Å². The number of hydrogen-bond acceptors (Lipinski definition) is 7. The molecule has 2 N–H and O–H groups in total. The first kappa shape index (κ1) is 30.6. The van der Waals surface area contributed by atoms with Crippen molar-refractivity contribution in [3.8, 4) is 5.75 Å². The molecule has 0 radical (unpaired) electrons. The van der Waals surface area contributed by atoms with Crippen LogP contribution in [-0.4, -0.2) is 23.0 Å². The Morgan fingerprint density at radius 1 is 0.622 bits per heavy atom. The summed E-state index contributed by atoms with van der Waals surface area (Å²) in [5.41, 5.74) is 6.31. The molecule has 0 heterocycles. The fourth-order valence-corrected chi connectivity index (χ4v) is 7.84. The van der Waals surface area contributed by atoms with Crippen LogP contribution in [0.3, 0.4) is 0 Å². The number of ketones is 2. The van der Waals surface area contributed by atoms with Crippen LogP contribution in [0.4, 0.5) is 0 Å².